The van der Waals surface area contributed by atoms with E-state index in [0.29, 0.717) is 0 Å². The Morgan fingerprint density at radius 2 is 1.53 bits per heavy atom. The van der Waals surface area contributed by atoms with Gasteiger partial charge in [0.1, 0.15) is 12.2 Å². The van der Waals surface area contributed by atoms with E-state index < -0.39 is 29.3 Å². The molecule has 8 heteroatoms. The lowest BCUT2D eigenvalue weighted by atomic mass is 9.88. The summed E-state index contributed by atoms with van der Waals surface area (Å²) in [6.07, 6.45) is -1.20. The highest BCUT2D eigenvalue weighted by molar-refractivity contribution is 5.89. The molecule has 0 atom stereocenters. The number of carbonyl (C=O) groups is 3. The number of likely N-dealkylation sites (tertiary alicyclic amines) is 1. The van der Waals surface area contributed by atoms with Gasteiger partial charge >= 0.3 is 18.2 Å². The molecular weight excluding hydrogens is 436 g/mol. The summed E-state index contributed by atoms with van der Waals surface area (Å²) in [4.78, 5) is 40.7. The van der Waals surface area contributed by atoms with Crippen molar-refractivity contribution in [3.63, 3.8) is 0 Å². The molecule has 2 amide bonds. The molecule has 4 rings (SSSR count). The molecule has 1 saturated heterocycles. The molecule has 2 aliphatic rings. The summed E-state index contributed by atoms with van der Waals surface area (Å²) in [7, 11) is 2.74. The molecule has 8 nitrogen and oxygen atoms in total. The van der Waals surface area contributed by atoms with Crippen molar-refractivity contribution in [2.45, 2.75) is 37.8 Å². The Bertz CT molecular complexity index is 1070. The van der Waals surface area contributed by atoms with Gasteiger partial charge in [-0.15, -0.1) is 0 Å². The molecule has 0 N–H and O–H groups in total. The monoisotopic (exact) mass is 466 g/mol. The maximum absolute atomic E-state index is 13.1. The standard InChI is InChI=1S/C26H30N2O6/c1-25(2,3)34-24(31)28-15-26(16-28,22(29)32-5)27(4)23(30)33-14-21-19-12-8-6-10-17(19)18-11-7-9-13-20(18)21/h6-13,21H,14-16H2,1-5H3. The van der Waals surface area contributed by atoms with Crippen LogP contribution < -0.4 is 0 Å². The summed E-state index contributed by atoms with van der Waals surface area (Å²) < 4.78 is 16.0. The smallest absolute Gasteiger partial charge is 0.410 e. The molecule has 1 fully saturated rings. The number of benzene rings is 2. The van der Waals surface area contributed by atoms with Gasteiger partial charge in [-0.25, -0.2) is 14.4 Å². The van der Waals surface area contributed by atoms with Crippen LogP contribution in [0.1, 0.15) is 37.8 Å². The maximum atomic E-state index is 13.1. The highest BCUT2D eigenvalue weighted by atomic mass is 16.6. The second-order valence-corrected chi connectivity index (χ2v) is 9.72. The number of carbonyl (C=O) groups excluding carboxylic acids is 3. The van der Waals surface area contributed by atoms with Crippen molar-refractivity contribution in [2.24, 2.45) is 0 Å². The van der Waals surface area contributed by atoms with Gasteiger partial charge in [0.15, 0.2) is 5.54 Å². The van der Waals surface area contributed by atoms with E-state index in [-0.39, 0.29) is 25.6 Å². The lowest BCUT2D eigenvalue weighted by Crippen LogP contribution is -2.75. The topological polar surface area (TPSA) is 85.4 Å². The first kappa shape index (κ1) is 23.6. The van der Waals surface area contributed by atoms with E-state index in [1.165, 1.54) is 24.0 Å². The number of fused-ring (bicyclic) bond motifs is 3. The van der Waals surface area contributed by atoms with Crippen molar-refractivity contribution in [3.05, 3.63) is 59.7 Å². The predicted molar refractivity (Wildman–Crippen MR) is 125 cm³/mol. The fourth-order valence-electron chi connectivity index (χ4n) is 4.57. The van der Waals surface area contributed by atoms with Crippen molar-refractivity contribution in [3.8, 4) is 11.1 Å². The van der Waals surface area contributed by atoms with Gasteiger partial charge in [-0.3, -0.25) is 4.90 Å². The first-order valence-electron chi connectivity index (χ1n) is 11.2. The predicted octanol–water partition coefficient (Wildman–Crippen LogP) is 4.03. The van der Waals surface area contributed by atoms with Gasteiger partial charge in [-0.05, 0) is 43.0 Å². The molecule has 0 spiro atoms. The van der Waals surface area contributed by atoms with E-state index in [9.17, 15) is 14.4 Å². The largest absolute Gasteiger partial charge is 0.467 e. The van der Waals surface area contributed by atoms with E-state index in [0.717, 1.165) is 22.3 Å². The molecule has 180 valence electrons. The number of hydrogen-bond acceptors (Lipinski definition) is 6. The molecule has 0 unspecified atom stereocenters. The van der Waals surface area contributed by atoms with E-state index in [1.54, 1.807) is 20.8 Å². The SMILES string of the molecule is COC(=O)C1(N(C)C(=O)OCC2c3ccccc3-c3ccccc32)CN(C(=O)OC(C)(C)C)C1. The highest BCUT2D eigenvalue weighted by Gasteiger charge is 2.58. The molecular formula is C26H30N2O6. The van der Waals surface area contributed by atoms with Crippen LogP contribution >= 0.6 is 0 Å². The molecule has 2 aromatic carbocycles. The number of nitrogens with zero attached hydrogens (tertiary/aromatic N) is 2. The average Bonchev–Trinajstić information content (AvgIpc) is 3.09. The maximum Gasteiger partial charge on any atom is 0.410 e. The molecule has 0 radical (unpaired) electrons. The number of ether oxygens (including phenoxy) is 3. The Labute approximate surface area is 199 Å². The van der Waals surface area contributed by atoms with E-state index in [4.69, 9.17) is 14.2 Å². The molecule has 1 aliphatic carbocycles. The third-order valence-electron chi connectivity index (χ3n) is 6.37. The zero-order chi connectivity index (χ0) is 24.7. The lowest BCUT2D eigenvalue weighted by molar-refractivity contribution is -0.164. The van der Waals surface area contributed by atoms with Gasteiger partial charge in [-0.2, -0.15) is 0 Å². The summed E-state index contributed by atoms with van der Waals surface area (Å²) in [5.41, 5.74) is 2.47. The molecule has 0 aromatic heterocycles. The quantitative estimate of drug-likeness (QED) is 0.500. The minimum atomic E-state index is -1.33. The van der Waals surface area contributed by atoms with Crippen LogP contribution in [-0.4, -0.2) is 72.9 Å². The number of methoxy groups -OCH3 is 1. The van der Waals surface area contributed by atoms with Gasteiger partial charge in [0, 0.05) is 13.0 Å². The third kappa shape index (κ3) is 4.08. The fraction of sp³-hybridized carbons (Fsp3) is 0.423. The number of esters is 1. The second-order valence-electron chi connectivity index (χ2n) is 9.72. The molecule has 2 aromatic rings. The fourth-order valence-corrected chi connectivity index (χ4v) is 4.57. The van der Waals surface area contributed by atoms with Crippen LogP contribution in [0.15, 0.2) is 48.5 Å². The van der Waals surface area contributed by atoms with Crippen LogP contribution in [0.2, 0.25) is 0 Å². The highest BCUT2D eigenvalue weighted by Crippen LogP contribution is 2.44. The number of likely N-dealkylation sites (N-methyl/N-ethyl adjacent to an activating group) is 1. The molecule has 1 heterocycles. The number of amides is 2. The van der Waals surface area contributed by atoms with Crippen molar-refractivity contribution < 1.29 is 28.6 Å². The van der Waals surface area contributed by atoms with Crippen molar-refractivity contribution >= 4 is 18.2 Å². The molecule has 0 saturated carbocycles. The molecule has 1 aliphatic heterocycles. The van der Waals surface area contributed by atoms with Crippen LogP contribution in [0.25, 0.3) is 11.1 Å². The Morgan fingerprint density at radius 1 is 1.00 bits per heavy atom. The van der Waals surface area contributed by atoms with Gasteiger partial charge in [0.05, 0.1) is 20.2 Å². The molecule has 34 heavy (non-hydrogen) atoms. The van der Waals surface area contributed by atoms with E-state index in [2.05, 4.69) is 12.1 Å². The van der Waals surface area contributed by atoms with Crippen LogP contribution in [0, 0.1) is 0 Å². The minimum Gasteiger partial charge on any atom is -0.467 e. The summed E-state index contributed by atoms with van der Waals surface area (Å²) >= 11 is 0. The third-order valence-corrected chi connectivity index (χ3v) is 6.37. The molecule has 0 bridgehead atoms. The lowest BCUT2D eigenvalue weighted by Gasteiger charge is -2.51. The Balaban J connectivity index is 1.46. The Kier molecular flexibility index (Phi) is 6.02. The normalized spacial score (nSPS) is 16.1. The van der Waals surface area contributed by atoms with Crippen LogP contribution in [0.3, 0.4) is 0 Å². The van der Waals surface area contributed by atoms with Gasteiger partial charge in [0.2, 0.25) is 0 Å². The Hall–Kier alpha value is -3.55. The summed E-state index contributed by atoms with van der Waals surface area (Å²) in [6, 6.07) is 16.1. The van der Waals surface area contributed by atoms with E-state index >= 15 is 0 Å². The summed E-state index contributed by atoms with van der Waals surface area (Å²) in [5, 5.41) is 0. The Morgan fingerprint density at radius 3 is 2.03 bits per heavy atom. The number of hydrogen-bond donors (Lipinski definition) is 0. The second kappa shape index (κ2) is 8.66. The van der Waals surface area contributed by atoms with Gasteiger partial charge in [-0.1, -0.05) is 48.5 Å². The summed E-state index contributed by atoms with van der Waals surface area (Å²) in [6.45, 7) is 5.36. The van der Waals surface area contributed by atoms with Crippen molar-refractivity contribution in [2.75, 3.05) is 33.9 Å². The van der Waals surface area contributed by atoms with Crippen LogP contribution in [-0.2, 0) is 19.0 Å². The van der Waals surface area contributed by atoms with Gasteiger partial charge in [0.25, 0.3) is 0 Å². The zero-order valence-electron chi connectivity index (χ0n) is 20.2. The number of rotatable bonds is 4. The minimum absolute atomic E-state index is 0.0325. The first-order chi connectivity index (χ1) is 16.1. The summed E-state index contributed by atoms with van der Waals surface area (Å²) in [5.74, 6) is -0.707. The zero-order valence-corrected chi connectivity index (χ0v) is 20.2. The van der Waals surface area contributed by atoms with Gasteiger partial charge < -0.3 is 19.1 Å². The van der Waals surface area contributed by atoms with E-state index in [1.807, 2.05) is 36.4 Å². The van der Waals surface area contributed by atoms with Crippen molar-refractivity contribution in [1.29, 1.82) is 0 Å². The van der Waals surface area contributed by atoms with Crippen molar-refractivity contribution in [1.82, 2.24) is 9.80 Å². The van der Waals surface area contributed by atoms with Crippen LogP contribution in [0.5, 0.6) is 0 Å². The van der Waals surface area contributed by atoms with Crippen LogP contribution in [0.4, 0.5) is 9.59 Å². The first-order valence-corrected chi connectivity index (χ1v) is 11.2. The average molecular weight is 467 g/mol.